The molecule has 0 bridgehead atoms. The SMILES string of the molecule is CCCC(CNCC)N(C)C. The Hall–Kier alpha value is -0.0800. The molecule has 0 saturated heterocycles. The first-order valence-corrected chi connectivity index (χ1v) is 4.59. The van der Waals surface area contributed by atoms with Gasteiger partial charge in [0.2, 0.25) is 0 Å². The Balaban J connectivity index is 3.51. The van der Waals surface area contributed by atoms with Crippen LogP contribution in [0.2, 0.25) is 0 Å². The summed E-state index contributed by atoms with van der Waals surface area (Å²) >= 11 is 0. The Morgan fingerprint density at radius 2 is 1.91 bits per heavy atom. The number of likely N-dealkylation sites (N-methyl/N-ethyl adjacent to an activating group) is 2. The second-order valence-corrected chi connectivity index (χ2v) is 3.21. The summed E-state index contributed by atoms with van der Waals surface area (Å²) in [5.41, 5.74) is 0. The zero-order chi connectivity index (χ0) is 8.69. The van der Waals surface area contributed by atoms with Crippen molar-refractivity contribution in [2.75, 3.05) is 27.2 Å². The van der Waals surface area contributed by atoms with Crippen LogP contribution in [-0.2, 0) is 0 Å². The Kier molecular flexibility index (Phi) is 6.57. The fraction of sp³-hybridized carbons (Fsp3) is 1.00. The van der Waals surface area contributed by atoms with Crippen LogP contribution < -0.4 is 5.32 Å². The van der Waals surface area contributed by atoms with Gasteiger partial charge in [0.05, 0.1) is 0 Å². The molecule has 0 radical (unpaired) electrons. The van der Waals surface area contributed by atoms with Gasteiger partial charge in [-0.25, -0.2) is 0 Å². The van der Waals surface area contributed by atoms with Crippen LogP contribution in [0.4, 0.5) is 0 Å². The highest BCUT2D eigenvalue weighted by molar-refractivity contribution is 4.67. The molecule has 0 heterocycles. The molecular formula is C9H22N2. The monoisotopic (exact) mass is 158 g/mol. The first kappa shape index (κ1) is 10.9. The summed E-state index contributed by atoms with van der Waals surface area (Å²) in [6.07, 6.45) is 2.56. The van der Waals surface area contributed by atoms with Crippen molar-refractivity contribution in [1.29, 1.82) is 0 Å². The van der Waals surface area contributed by atoms with E-state index < -0.39 is 0 Å². The number of rotatable bonds is 6. The number of nitrogens with zero attached hydrogens (tertiary/aromatic N) is 1. The van der Waals surface area contributed by atoms with E-state index in [9.17, 15) is 0 Å². The molecule has 0 aromatic heterocycles. The van der Waals surface area contributed by atoms with Gasteiger partial charge in [0.25, 0.3) is 0 Å². The van der Waals surface area contributed by atoms with E-state index in [1.165, 1.54) is 12.8 Å². The topological polar surface area (TPSA) is 15.3 Å². The minimum atomic E-state index is 0.708. The van der Waals surface area contributed by atoms with Crippen molar-refractivity contribution < 1.29 is 0 Å². The predicted octanol–water partition coefficient (Wildman–Crippen LogP) is 1.33. The van der Waals surface area contributed by atoms with Gasteiger partial charge in [0.15, 0.2) is 0 Å². The lowest BCUT2D eigenvalue weighted by Gasteiger charge is -2.23. The van der Waals surface area contributed by atoms with Crippen LogP contribution in [0.5, 0.6) is 0 Å². The highest BCUT2D eigenvalue weighted by Gasteiger charge is 2.07. The number of hydrogen-bond donors (Lipinski definition) is 1. The van der Waals surface area contributed by atoms with Gasteiger partial charge in [0.1, 0.15) is 0 Å². The standard InChI is InChI=1S/C9H22N2/c1-5-7-9(11(3)4)8-10-6-2/h9-10H,5-8H2,1-4H3. The van der Waals surface area contributed by atoms with E-state index in [2.05, 4.69) is 38.2 Å². The van der Waals surface area contributed by atoms with Crippen molar-refractivity contribution in [3.8, 4) is 0 Å². The molecule has 0 amide bonds. The lowest BCUT2D eigenvalue weighted by molar-refractivity contribution is 0.269. The van der Waals surface area contributed by atoms with E-state index in [4.69, 9.17) is 0 Å². The van der Waals surface area contributed by atoms with E-state index in [1.54, 1.807) is 0 Å². The minimum Gasteiger partial charge on any atom is -0.315 e. The third-order valence-electron chi connectivity index (χ3n) is 1.98. The van der Waals surface area contributed by atoms with Gasteiger partial charge >= 0.3 is 0 Å². The summed E-state index contributed by atoms with van der Waals surface area (Å²) in [5.74, 6) is 0. The summed E-state index contributed by atoms with van der Waals surface area (Å²) in [6.45, 7) is 6.59. The molecule has 2 nitrogen and oxygen atoms in total. The van der Waals surface area contributed by atoms with Gasteiger partial charge in [-0.3, -0.25) is 0 Å². The smallest absolute Gasteiger partial charge is 0.0214 e. The van der Waals surface area contributed by atoms with Crippen molar-refractivity contribution in [3.05, 3.63) is 0 Å². The molecule has 0 fully saturated rings. The van der Waals surface area contributed by atoms with Gasteiger partial charge in [-0.1, -0.05) is 20.3 Å². The second kappa shape index (κ2) is 6.62. The van der Waals surface area contributed by atoms with E-state index in [1.807, 2.05) is 0 Å². The largest absolute Gasteiger partial charge is 0.315 e. The maximum Gasteiger partial charge on any atom is 0.0214 e. The molecule has 0 aliphatic heterocycles. The Labute approximate surface area is 71.0 Å². The van der Waals surface area contributed by atoms with Crippen LogP contribution in [0.1, 0.15) is 26.7 Å². The van der Waals surface area contributed by atoms with Gasteiger partial charge < -0.3 is 10.2 Å². The molecule has 0 spiro atoms. The van der Waals surface area contributed by atoms with E-state index >= 15 is 0 Å². The van der Waals surface area contributed by atoms with Gasteiger partial charge in [-0.05, 0) is 27.1 Å². The lowest BCUT2D eigenvalue weighted by atomic mass is 10.1. The fourth-order valence-corrected chi connectivity index (χ4v) is 1.19. The van der Waals surface area contributed by atoms with Crippen LogP contribution in [0.3, 0.4) is 0 Å². The first-order valence-electron chi connectivity index (χ1n) is 4.59. The Bertz CT molecular complexity index is 81.6. The third-order valence-corrected chi connectivity index (χ3v) is 1.98. The minimum absolute atomic E-state index is 0.708. The normalized spacial score (nSPS) is 13.9. The summed E-state index contributed by atoms with van der Waals surface area (Å²) in [6, 6.07) is 0.708. The number of hydrogen-bond acceptors (Lipinski definition) is 2. The van der Waals surface area contributed by atoms with Gasteiger partial charge in [-0.2, -0.15) is 0 Å². The number of nitrogens with one attached hydrogen (secondary N) is 1. The van der Waals surface area contributed by atoms with Crippen molar-refractivity contribution >= 4 is 0 Å². The molecular weight excluding hydrogens is 136 g/mol. The summed E-state index contributed by atoms with van der Waals surface area (Å²) in [5, 5.41) is 3.37. The zero-order valence-corrected chi connectivity index (χ0v) is 8.35. The second-order valence-electron chi connectivity index (χ2n) is 3.21. The predicted molar refractivity (Wildman–Crippen MR) is 50.9 cm³/mol. The highest BCUT2D eigenvalue weighted by Crippen LogP contribution is 2.00. The third kappa shape index (κ3) is 5.22. The molecule has 0 aromatic rings. The van der Waals surface area contributed by atoms with Crippen molar-refractivity contribution in [1.82, 2.24) is 10.2 Å². The van der Waals surface area contributed by atoms with E-state index in [0.717, 1.165) is 13.1 Å². The van der Waals surface area contributed by atoms with Crippen molar-refractivity contribution in [2.45, 2.75) is 32.7 Å². The summed E-state index contributed by atoms with van der Waals surface area (Å²) < 4.78 is 0. The maximum absolute atomic E-state index is 3.37. The average molecular weight is 158 g/mol. The molecule has 11 heavy (non-hydrogen) atoms. The van der Waals surface area contributed by atoms with Crippen molar-refractivity contribution in [3.63, 3.8) is 0 Å². The molecule has 0 rings (SSSR count). The van der Waals surface area contributed by atoms with Crippen LogP contribution >= 0.6 is 0 Å². The molecule has 0 aliphatic carbocycles. The molecule has 0 aromatic carbocycles. The van der Waals surface area contributed by atoms with E-state index in [0.29, 0.717) is 6.04 Å². The Morgan fingerprint density at radius 1 is 1.27 bits per heavy atom. The van der Waals surface area contributed by atoms with Crippen LogP contribution in [-0.4, -0.2) is 38.1 Å². The quantitative estimate of drug-likeness (QED) is 0.627. The molecule has 68 valence electrons. The fourth-order valence-electron chi connectivity index (χ4n) is 1.19. The first-order chi connectivity index (χ1) is 5.22. The maximum atomic E-state index is 3.37. The van der Waals surface area contributed by atoms with Gasteiger partial charge in [0, 0.05) is 12.6 Å². The highest BCUT2D eigenvalue weighted by atomic mass is 15.1. The molecule has 0 saturated carbocycles. The Morgan fingerprint density at radius 3 is 2.27 bits per heavy atom. The van der Waals surface area contributed by atoms with Crippen molar-refractivity contribution in [2.24, 2.45) is 0 Å². The van der Waals surface area contributed by atoms with Crippen LogP contribution in [0.15, 0.2) is 0 Å². The van der Waals surface area contributed by atoms with E-state index in [-0.39, 0.29) is 0 Å². The summed E-state index contributed by atoms with van der Waals surface area (Å²) in [7, 11) is 4.30. The van der Waals surface area contributed by atoms with Crippen LogP contribution in [0.25, 0.3) is 0 Å². The van der Waals surface area contributed by atoms with Gasteiger partial charge in [-0.15, -0.1) is 0 Å². The average Bonchev–Trinajstić information content (AvgIpc) is 1.97. The molecule has 2 heteroatoms. The molecule has 0 aliphatic rings. The van der Waals surface area contributed by atoms with Crippen LogP contribution in [0, 0.1) is 0 Å². The molecule has 1 unspecified atom stereocenters. The zero-order valence-electron chi connectivity index (χ0n) is 8.35. The lowest BCUT2D eigenvalue weighted by Crippen LogP contribution is -2.37. The summed E-state index contributed by atoms with van der Waals surface area (Å²) in [4.78, 5) is 2.30. The molecule has 1 N–H and O–H groups in total. The molecule has 1 atom stereocenters.